The van der Waals surface area contributed by atoms with E-state index in [0.29, 0.717) is 21.9 Å². The smallest absolute Gasteiger partial charge is 0.251 e. The molecule has 17 heavy (non-hydrogen) atoms. The van der Waals surface area contributed by atoms with Crippen LogP contribution in [-0.4, -0.2) is 21.0 Å². The minimum absolute atomic E-state index is 0.212. The predicted octanol–water partition coefficient (Wildman–Crippen LogP) is 1.47. The van der Waals surface area contributed by atoms with E-state index in [9.17, 15) is 4.79 Å². The van der Waals surface area contributed by atoms with E-state index in [1.807, 2.05) is 0 Å². The average molecular weight is 297 g/mol. The minimum atomic E-state index is -0.212. The number of halogens is 1. The van der Waals surface area contributed by atoms with E-state index in [1.54, 1.807) is 25.3 Å². The van der Waals surface area contributed by atoms with Gasteiger partial charge in [0.05, 0.1) is 6.54 Å². The summed E-state index contributed by atoms with van der Waals surface area (Å²) in [5.74, 6) is 0.709. The van der Waals surface area contributed by atoms with E-state index in [1.165, 1.54) is 0 Å². The Kier molecular flexibility index (Phi) is 3.48. The van der Waals surface area contributed by atoms with Gasteiger partial charge >= 0.3 is 0 Å². The normalized spacial score (nSPS) is 10.2. The van der Waals surface area contributed by atoms with Crippen LogP contribution in [0.25, 0.3) is 0 Å². The number of pyridine rings is 1. The Morgan fingerprint density at radius 1 is 1.59 bits per heavy atom. The van der Waals surface area contributed by atoms with Crippen molar-refractivity contribution >= 4 is 21.8 Å². The maximum absolute atomic E-state index is 11.7. The molecule has 0 aliphatic heterocycles. The van der Waals surface area contributed by atoms with Gasteiger partial charge in [0.25, 0.3) is 5.91 Å². The van der Waals surface area contributed by atoms with Crippen molar-refractivity contribution in [1.29, 1.82) is 0 Å². The summed E-state index contributed by atoms with van der Waals surface area (Å²) < 4.78 is 5.40. The van der Waals surface area contributed by atoms with Crippen LogP contribution in [0, 0.1) is 6.92 Å². The van der Waals surface area contributed by atoms with Gasteiger partial charge in [-0.1, -0.05) is 5.16 Å². The van der Waals surface area contributed by atoms with E-state index in [-0.39, 0.29) is 12.5 Å². The second-order valence-corrected chi connectivity index (χ2v) is 4.09. The number of rotatable bonds is 3. The molecule has 0 radical (unpaired) electrons. The lowest BCUT2D eigenvalue weighted by Gasteiger charge is -2.02. The van der Waals surface area contributed by atoms with Gasteiger partial charge < -0.3 is 9.84 Å². The molecule has 1 amide bonds. The fourth-order valence-electron chi connectivity index (χ4n) is 1.22. The first-order valence-electron chi connectivity index (χ1n) is 4.84. The van der Waals surface area contributed by atoms with Crippen molar-refractivity contribution in [3.05, 3.63) is 40.2 Å². The Balaban J connectivity index is 1.98. The Hall–Kier alpha value is -1.76. The molecule has 88 valence electrons. The first kappa shape index (κ1) is 11.7. The van der Waals surface area contributed by atoms with Crippen molar-refractivity contribution in [2.45, 2.75) is 13.5 Å². The molecule has 0 spiro atoms. The molecular weight excluding hydrogens is 288 g/mol. The molecule has 0 bridgehead atoms. The van der Waals surface area contributed by atoms with Gasteiger partial charge in [-0.25, -0.2) is 4.98 Å². The van der Waals surface area contributed by atoms with Gasteiger partial charge in [-0.15, -0.1) is 0 Å². The Labute approximate surface area is 106 Å². The number of nitrogens with zero attached hydrogens (tertiary/aromatic N) is 3. The van der Waals surface area contributed by atoms with Crippen LogP contribution >= 0.6 is 15.9 Å². The van der Waals surface area contributed by atoms with Gasteiger partial charge in [0.15, 0.2) is 5.82 Å². The van der Waals surface area contributed by atoms with Gasteiger partial charge in [-0.3, -0.25) is 4.79 Å². The molecule has 0 aliphatic carbocycles. The summed E-state index contributed by atoms with van der Waals surface area (Å²) in [5.41, 5.74) is 0.520. The number of amides is 1. The van der Waals surface area contributed by atoms with E-state index in [2.05, 4.69) is 36.4 Å². The van der Waals surface area contributed by atoms with E-state index in [0.717, 1.165) is 0 Å². The predicted molar refractivity (Wildman–Crippen MR) is 62.1 cm³/mol. The SMILES string of the molecule is Cc1nc(CNC(=O)c2ccnc(Br)c2)no1. The lowest BCUT2D eigenvalue weighted by Crippen LogP contribution is -2.23. The molecule has 0 unspecified atom stereocenters. The zero-order valence-electron chi connectivity index (χ0n) is 8.98. The first-order valence-corrected chi connectivity index (χ1v) is 5.63. The highest BCUT2D eigenvalue weighted by molar-refractivity contribution is 9.10. The fourth-order valence-corrected chi connectivity index (χ4v) is 1.58. The van der Waals surface area contributed by atoms with Crippen LogP contribution in [-0.2, 0) is 6.54 Å². The monoisotopic (exact) mass is 296 g/mol. The molecule has 0 saturated heterocycles. The van der Waals surface area contributed by atoms with Crippen LogP contribution in [0.4, 0.5) is 0 Å². The molecule has 2 rings (SSSR count). The van der Waals surface area contributed by atoms with Crippen molar-refractivity contribution < 1.29 is 9.32 Å². The van der Waals surface area contributed by atoms with Crippen molar-refractivity contribution in [3.8, 4) is 0 Å². The largest absolute Gasteiger partial charge is 0.345 e. The Morgan fingerprint density at radius 2 is 2.41 bits per heavy atom. The molecule has 0 saturated carbocycles. The lowest BCUT2D eigenvalue weighted by molar-refractivity contribution is 0.0949. The molecule has 0 fully saturated rings. The number of carbonyl (C=O) groups is 1. The second kappa shape index (κ2) is 5.05. The molecule has 2 heterocycles. The summed E-state index contributed by atoms with van der Waals surface area (Å²) in [5, 5.41) is 6.36. The van der Waals surface area contributed by atoms with Crippen molar-refractivity contribution in [2.24, 2.45) is 0 Å². The quantitative estimate of drug-likeness (QED) is 0.868. The number of hydrogen-bond donors (Lipinski definition) is 1. The average Bonchev–Trinajstić information content (AvgIpc) is 2.72. The lowest BCUT2D eigenvalue weighted by atomic mass is 10.2. The zero-order valence-corrected chi connectivity index (χ0v) is 10.6. The topological polar surface area (TPSA) is 80.9 Å². The number of carbonyl (C=O) groups excluding carboxylic acids is 1. The van der Waals surface area contributed by atoms with Crippen LogP contribution in [0.5, 0.6) is 0 Å². The maximum atomic E-state index is 11.7. The molecule has 2 aromatic heterocycles. The molecule has 2 aromatic rings. The van der Waals surface area contributed by atoms with Crippen LogP contribution < -0.4 is 5.32 Å². The summed E-state index contributed by atoms with van der Waals surface area (Å²) in [6, 6.07) is 3.26. The standard InChI is InChI=1S/C10H9BrN4O2/c1-6-14-9(15-17-6)5-13-10(16)7-2-3-12-8(11)4-7/h2-4H,5H2,1H3,(H,13,16). The van der Waals surface area contributed by atoms with Crippen LogP contribution in [0.1, 0.15) is 22.1 Å². The number of aromatic nitrogens is 3. The molecule has 0 aliphatic rings. The van der Waals surface area contributed by atoms with E-state index < -0.39 is 0 Å². The molecule has 1 N–H and O–H groups in total. The van der Waals surface area contributed by atoms with E-state index in [4.69, 9.17) is 4.52 Å². The Morgan fingerprint density at radius 3 is 3.06 bits per heavy atom. The van der Waals surface area contributed by atoms with Crippen molar-refractivity contribution in [2.75, 3.05) is 0 Å². The van der Waals surface area contributed by atoms with Crippen LogP contribution in [0.15, 0.2) is 27.5 Å². The third-order valence-electron chi connectivity index (χ3n) is 1.97. The van der Waals surface area contributed by atoms with Crippen LogP contribution in [0.3, 0.4) is 0 Å². The summed E-state index contributed by atoms with van der Waals surface area (Å²) in [6.07, 6.45) is 1.55. The minimum Gasteiger partial charge on any atom is -0.345 e. The van der Waals surface area contributed by atoms with E-state index >= 15 is 0 Å². The molecule has 6 nitrogen and oxygen atoms in total. The zero-order chi connectivity index (χ0) is 12.3. The molecule has 0 aromatic carbocycles. The molecule has 0 atom stereocenters. The summed E-state index contributed by atoms with van der Waals surface area (Å²) in [7, 11) is 0. The summed E-state index contributed by atoms with van der Waals surface area (Å²) >= 11 is 3.20. The van der Waals surface area contributed by atoms with Gasteiger partial charge in [-0.05, 0) is 28.1 Å². The molecular formula is C10H9BrN4O2. The number of aryl methyl sites for hydroxylation is 1. The fraction of sp³-hybridized carbons (Fsp3) is 0.200. The highest BCUT2D eigenvalue weighted by Crippen LogP contribution is 2.07. The number of hydrogen-bond acceptors (Lipinski definition) is 5. The van der Waals surface area contributed by atoms with Gasteiger partial charge in [0.2, 0.25) is 5.89 Å². The molecule has 7 heteroatoms. The highest BCUT2D eigenvalue weighted by atomic mass is 79.9. The van der Waals surface area contributed by atoms with Gasteiger partial charge in [0, 0.05) is 18.7 Å². The third kappa shape index (κ3) is 3.10. The Bertz CT molecular complexity index is 541. The number of nitrogens with one attached hydrogen (secondary N) is 1. The van der Waals surface area contributed by atoms with Crippen molar-refractivity contribution in [3.63, 3.8) is 0 Å². The maximum Gasteiger partial charge on any atom is 0.251 e. The second-order valence-electron chi connectivity index (χ2n) is 3.28. The van der Waals surface area contributed by atoms with Gasteiger partial charge in [-0.2, -0.15) is 4.98 Å². The van der Waals surface area contributed by atoms with Crippen molar-refractivity contribution in [1.82, 2.24) is 20.4 Å². The highest BCUT2D eigenvalue weighted by Gasteiger charge is 2.08. The third-order valence-corrected chi connectivity index (χ3v) is 2.40. The summed E-state index contributed by atoms with van der Waals surface area (Å²) in [4.78, 5) is 19.7. The van der Waals surface area contributed by atoms with Crippen LogP contribution in [0.2, 0.25) is 0 Å². The first-order chi connectivity index (χ1) is 8.15. The summed E-state index contributed by atoms with van der Waals surface area (Å²) in [6.45, 7) is 1.93. The van der Waals surface area contributed by atoms with Gasteiger partial charge in [0.1, 0.15) is 4.60 Å².